The van der Waals surface area contributed by atoms with E-state index in [1.165, 1.54) is 14.2 Å². The van der Waals surface area contributed by atoms with Crippen LogP contribution in [0.1, 0.15) is 25.3 Å². The van der Waals surface area contributed by atoms with Crippen LogP contribution in [0.3, 0.4) is 0 Å². The molecule has 2 aromatic rings. The lowest BCUT2D eigenvalue weighted by Crippen LogP contribution is -2.28. The average molecular weight is 444 g/mol. The molecule has 3 rings (SSSR count). The molecular weight excluding hydrogens is 418 g/mol. The minimum absolute atomic E-state index is 0.310. The van der Waals surface area contributed by atoms with Crippen molar-refractivity contribution >= 4 is 34.7 Å². The zero-order valence-corrected chi connectivity index (χ0v) is 18.8. The molecule has 1 heterocycles. The molecule has 1 saturated heterocycles. The van der Waals surface area contributed by atoms with Crippen LogP contribution >= 0.6 is 11.8 Å². The number of hydrogen-bond acceptors (Lipinski definition) is 7. The third kappa shape index (κ3) is 4.96. The number of benzene rings is 2. The van der Waals surface area contributed by atoms with E-state index in [2.05, 4.69) is 6.92 Å². The SMILES string of the molecule is CCCCOc1ccc(/C=C2\SC(=O)N(c3ccc(OC)cc3OC)C2=O)cc1OC. The van der Waals surface area contributed by atoms with E-state index in [1.807, 2.05) is 6.07 Å². The molecule has 7 nitrogen and oxygen atoms in total. The second kappa shape index (κ2) is 10.3. The Labute approximate surface area is 185 Å². The van der Waals surface area contributed by atoms with Crippen LogP contribution in [0.15, 0.2) is 41.3 Å². The summed E-state index contributed by atoms with van der Waals surface area (Å²) in [6.45, 7) is 2.70. The molecule has 0 aromatic heterocycles. The molecule has 164 valence electrons. The Kier molecular flexibility index (Phi) is 7.46. The van der Waals surface area contributed by atoms with Crippen LogP contribution in [-0.2, 0) is 4.79 Å². The van der Waals surface area contributed by atoms with Crippen molar-refractivity contribution < 1.29 is 28.5 Å². The maximum Gasteiger partial charge on any atom is 0.298 e. The van der Waals surface area contributed by atoms with Crippen molar-refractivity contribution in [3.63, 3.8) is 0 Å². The zero-order chi connectivity index (χ0) is 22.4. The van der Waals surface area contributed by atoms with Crippen LogP contribution in [0.5, 0.6) is 23.0 Å². The fourth-order valence-electron chi connectivity index (χ4n) is 3.02. The Bertz CT molecular complexity index is 1000. The number of imide groups is 1. The van der Waals surface area contributed by atoms with Gasteiger partial charge in [-0.25, -0.2) is 4.90 Å². The molecule has 0 radical (unpaired) electrons. The normalized spacial score (nSPS) is 14.8. The zero-order valence-electron chi connectivity index (χ0n) is 18.0. The standard InChI is InChI=1S/C23H25NO6S/c1-5-6-11-30-18-10-7-15(12-20(18)29-4)13-21-22(25)24(23(26)31-21)17-9-8-16(27-2)14-19(17)28-3/h7-10,12-14H,5-6,11H2,1-4H3/b21-13-. The van der Waals surface area contributed by atoms with Crippen LogP contribution in [0.2, 0.25) is 0 Å². The number of unbranched alkanes of at least 4 members (excludes halogenated alkanes) is 1. The van der Waals surface area contributed by atoms with Gasteiger partial charge in [-0.05, 0) is 54.1 Å². The number of carbonyl (C=O) groups is 2. The Morgan fingerprint density at radius 1 is 0.935 bits per heavy atom. The second-order valence-corrected chi connectivity index (χ2v) is 7.66. The van der Waals surface area contributed by atoms with Crippen LogP contribution in [0.25, 0.3) is 6.08 Å². The van der Waals surface area contributed by atoms with E-state index in [9.17, 15) is 9.59 Å². The lowest BCUT2D eigenvalue weighted by molar-refractivity contribution is -0.113. The highest BCUT2D eigenvalue weighted by molar-refractivity contribution is 8.19. The van der Waals surface area contributed by atoms with Gasteiger partial charge < -0.3 is 18.9 Å². The molecule has 1 aliphatic rings. The second-order valence-electron chi connectivity index (χ2n) is 6.67. The third-order valence-corrected chi connectivity index (χ3v) is 5.53. The first-order valence-electron chi connectivity index (χ1n) is 9.83. The molecule has 0 N–H and O–H groups in total. The predicted molar refractivity (Wildman–Crippen MR) is 121 cm³/mol. The van der Waals surface area contributed by atoms with E-state index in [4.69, 9.17) is 18.9 Å². The summed E-state index contributed by atoms with van der Waals surface area (Å²) < 4.78 is 21.7. The quantitative estimate of drug-likeness (QED) is 0.393. The molecule has 8 heteroatoms. The van der Waals surface area contributed by atoms with Crippen molar-refractivity contribution in [1.29, 1.82) is 0 Å². The third-order valence-electron chi connectivity index (χ3n) is 4.66. The molecule has 0 unspecified atom stereocenters. The highest BCUT2D eigenvalue weighted by atomic mass is 32.2. The first-order chi connectivity index (χ1) is 15.0. The first kappa shape index (κ1) is 22.6. The number of ether oxygens (including phenoxy) is 4. The Morgan fingerprint density at radius 3 is 2.39 bits per heavy atom. The highest BCUT2D eigenvalue weighted by Gasteiger charge is 2.38. The molecule has 0 saturated carbocycles. The van der Waals surface area contributed by atoms with Gasteiger partial charge in [-0.3, -0.25) is 9.59 Å². The molecule has 2 amide bonds. The van der Waals surface area contributed by atoms with E-state index >= 15 is 0 Å². The van der Waals surface area contributed by atoms with Crippen molar-refractivity contribution in [2.75, 3.05) is 32.8 Å². The summed E-state index contributed by atoms with van der Waals surface area (Å²) in [6.07, 6.45) is 3.65. The first-order valence-corrected chi connectivity index (χ1v) is 10.6. The summed E-state index contributed by atoms with van der Waals surface area (Å²) in [7, 11) is 4.57. The molecule has 0 bridgehead atoms. The van der Waals surface area contributed by atoms with Gasteiger partial charge in [-0.2, -0.15) is 0 Å². The number of amides is 2. The van der Waals surface area contributed by atoms with Gasteiger partial charge in [-0.15, -0.1) is 0 Å². The van der Waals surface area contributed by atoms with Gasteiger partial charge in [0.2, 0.25) is 0 Å². The van der Waals surface area contributed by atoms with E-state index < -0.39 is 11.1 Å². The average Bonchev–Trinajstić information content (AvgIpc) is 3.06. The fraction of sp³-hybridized carbons (Fsp3) is 0.304. The van der Waals surface area contributed by atoms with Crippen molar-refractivity contribution in [3.05, 3.63) is 46.9 Å². The van der Waals surface area contributed by atoms with Crippen molar-refractivity contribution in [2.45, 2.75) is 19.8 Å². The van der Waals surface area contributed by atoms with Crippen LogP contribution in [0, 0.1) is 0 Å². The van der Waals surface area contributed by atoms with Crippen molar-refractivity contribution in [2.24, 2.45) is 0 Å². The van der Waals surface area contributed by atoms with E-state index in [1.54, 1.807) is 43.5 Å². The van der Waals surface area contributed by atoms with Gasteiger partial charge in [0.15, 0.2) is 11.5 Å². The number of anilines is 1. The number of thioether (sulfide) groups is 1. The number of carbonyl (C=O) groups excluding carboxylic acids is 2. The van der Waals surface area contributed by atoms with Gasteiger partial charge in [0, 0.05) is 6.07 Å². The largest absolute Gasteiger partial charge is 0.497 e. The summed E-state index contributed by atoms with van der Waals surface area (Å²) in [6, 6.07) is 10.3. The van der Waals surface area contributed by atoms with Gasteiger partial charge in [0.25, 0.3) is 11.1 Å². The van der Waals surface area contributed by atoms with Crippen LogP contribution < -0.4 is 23.8 Å². The lowest BCUT2D eigenvalue weighted by Gasteiger charge is -2.17. The summed E-state index contributed by atoms with van der Waals surface area (Å²) >= 11 is 0.875. The number of nitrogens with zero attached hydrogens (tertiary/aromatic N) is 1. The molecular formula is C23H25NO6S. The molecule has 31 heavy (non-hydrogen) atoms. The van der Waals surface area contributed by atoms with Gasteiger partial charge >= 0.3 is 0 Å². The summed E-state index contributed by atoms with van der Waals surface area (Å²) in [5.74, 6) is 1.74. The molecule has 2 aromatic carbocycles. The van der Waals surface area contributed by atoms with Gasteiger partial charge in [0.1, 0.15) is 11.5 Å². The summed E-state index contributed by atoms with van der Waals surface area (Å²) in [5, 5.41) is -0.397. The monoisotopic (exact) mass is 443 g/mol. The molecule has 1 aliphatic heterocycles. The summed E-state index contributed by atoms with van der Waals surface area (Å²) in [5.41, 5.74) is 1.10. The Balaban J connectivity index is 1.87. The molecule has 1 fully saturated rings. The smallest absolute Gasteiger partial charge is 0.298 e. The minimum Gasteiger partial charge on any atom is -0.497 e. The highest BCUT2D eigenvalue weighted by Crippen LogP contribution is 2.41. The topological polar surface area (TPSA) is 74.3 Å². The van der Waals surface area contributed by atoms with E-state index in [0.29, 0.717) is 40.2 Å². The maximum absolute atomic E-state index is 13.0. The van der Waals surface area contributed by atoms with E-state index in [0.717, 1.165) is 35.1 Å². The van der Waals surface area contributed by atoms with Gasteiger partial charge in [0.05, 0.1) is 38.5 Å². The Morgan fingerprint density at radius 2 is 1.71 bits per heavy atom. The van der Waals surface area contributed by atoms with Gasteiger partial charge in [-0.1, -0.05) is 19.4 Å². The minimum atomic E-state index is -0.416. The summed E-state index contributed by atoms with van der Waals surface area (Å²) in [4.78, 5) is 27.1. The molecule has 0 aliphatic carbocycles. The number of rotatable bonds is 9. The van der Waals surface area contributed by atoms with Crippen molar-refractivity contribution in [1.82, 2.24) is 0 Å². The van der Waals surface area contributed by atoms with Crippen LogP contribution in [-0.4, -0.2) is 39.1 Å². The number of hydrogen-bond donors (Lipinski definition) is 0. The predicted octanol–water partition coefficient (Wildman–Crippen LogP) is 5.13. The lowest BCUT2D eigenvalue weighted by atomic mass is 10.1. The molecule has 0 spiro atoms. The van der Waals surface area contributed by atoms with E-state index in [-0.39, 0.29) is 0 Å². The van der Waals surface area contributed by atoms with Crippen LogP contribution in [0.4, 0.5) is 10.5 Å². The molecule has 0 atom stereocenters. The maximum atomic E-state index is 13.0. The fourth-order valence-corrected chi connectivity index (χ4v) is 3.85. The Hall–Kier alpha value is -3.13. The van der Waals surface area contributed by atoms with Crippen molar-refractivity contribution in [3.8, 4) is 23.0 Å². The number of methoxy groups -OCH3 is 3.